The summed E-state index contributed by atoms with van der Waals surface area (Å²) in [4.78, 5) is 11.7. The molecular weight excluding hydrogens is 344 g/mol. The Labute approximate surface area is 158 Å². The molecule has 0 amide bonds. The zero-order chi connectivity index (χ0) is 18.5. The van der Waals surface area contributed by atoms with Crippen molar-refractivity contribution in [1.82, 2.24) is 4.98 Å². The minimum Gasteiger partial charge on any atom is -0.370 e. The molecule has 1 aromatic carbocycles. The van der Waals surface area contributed by atoms with Crippen molar-refractivity contribution >= 4 is 11.4 Å². The molecule has 3 nitrogen and oxygen atoms in total. The number of piperidine rings is 1. The second kappa shape index (κ2) is 6.39. The van der Waals surface area contributed by atoms with Crippen molar-refractivity contribution in [2.24, 2.45) is 10.9 Å². The molecule has 2 unspecified atom stereocenters. The van der Waals surface area contributed by atoms with Gasteiger partial charge in [-0.2, -0.15) is 0 Å². The topological polar surface area (TPSA) is 28.5 Å². The summed E-state index contributed by atoms with van der Waals surface area (Å²) < 4.78 is 28.3. The highest BCUT2D eigenvalue weighted by Crippen LogP contribution is 2.40. The monoisotopic (exact) mass is 367 g/mol. The zero-order valence-corrected chi connectivity index (χ0v) is 15.5. The summed E-state index contributed by atoms with van der Waals surface area (Å²) in [7, 11) is 0. The Morgan fingerprint density at radius 1 is 1.11 bits per heavy atom. The van der Waals surface area contributed by atoms with Gasteiger partial charge in [0, 0.05) is 36.3 Å². The van der Waals surface area contributed by atoms with E-state index in [9.17, 15) is 8.78 Å². The van der Waals surface area contributed by atoms with E-state index in [-0.39, 0.29) is 11.6 Å². The summed E-state index contributed by atoms with van der Waals surface area (Å²) >= 11 is 0. The SMILES string of the molecule is Cc1cc(C2CC2)ncc1N1CCC2N=C(c3c(F)cccc3F)CC2C1. The normalized spacial score (nSPS) is 24.7. The molecule has 3 heterocycles. The number of nitrogens with zero attached hydrogens (tertiary/aromatic N) is 3. The molecule has 2 aromatic rings. The molecule has 2 atom stereocenters. The van der Waals surface area contributed by atoms with E-state index in [0.29, 0.717) is 24.0 Å². The maximum Gasteiger partial charge on any atom is 0.135 e. The number of anilines is 1. The van der Waals surface area contributed by atoms with Gasteiger partial charge in [-0.25, -0.2) is 8.78 Å². The Kier molecular flexibility index (Phi) is 3.99. The molecule has 1 saturated heterocycles. The molecule has 0 radical (unpaired) electrons. The molecule has 0 spiro atoms. The van der Waals surface area contributed by atoms with Crippen molar-refractivity contribution in [3.8, 4) is 0 Å². The lowest BCUT2D eigenvalue weighted by atomic mass is 9.90. The average Bonchev–Trinajstić information content (AvgIpc) is 3.41. The first-order valence-electron chi connectivity index (χ1n) is 9.82. The molecule has 27 heavy (non-hydrogen) atoms. The van der Waals surface area contributed by atoms with Crippen molar-refractivity contribution < 1.29 is 8.78 Å². The van der Waals surface area contributed by atoms with Crippen molar-refractivity contribution in [2.75, 3.05) is 18.0 Å². The Hall–Kier alpha value is -2.30. The number of benzene rings is 1. The van der Waals surface area contributed by atoms with Gasteiger partial charge in [0.2, 0.25) is 0 Å². The highest BCUT2D eigenvalue weighted by molar-refractivity contribution is 6.02. The van der Waals surface area contributed by atoms with Crippen LogP contribution in [0.25, 0.3) is 0 Å². The number of pyridine rings is 1. The predicted molar refractivity (Wildman–Crippen MR) is 103 cm³/mol. The standard InChI is InChI=1S/C22H23F2N3/c1-13-9-19(14-5-6-14)25-11-21(13)27-8-7-18-15(12-27)10-20(26-18)22-16(23)3-2-4-17(22)24/h2-4,9,11,14-15,18H,5-8,10,12H2,1H3. The molecule has 5 rings (SSSR count). The van der Waals surface area contributed by atoms with Gasteiger partial charge in [-0.3, -0.25) is 9.98 Å². The molecule has 1 saturated carbocycles. The van der Waals surface area contributed by atoms with E-state index in [4.69, 9.17) is 4.99 Å². The Balaban J connectivity index is 1.35. The molecule has 3 aliphatic rings. The smallest absolute Gasteiger partial charge is 0.135 e. The fraction of sp³-hybridized carbons (Fsp3) is 0.455. The molecule has 5 heteroatoms. The molecular formula is C22H23F2N3. The molecule has 1 aliphatic carbocycles. The van der Waals surface area contributed by atoms with Crippen LogP contribution in [0, 0.1) is 24.5 Å². The second-order valence-electron chi connectivity index (χ2n) is 8.11. The van der Waals surface area contributed by atoms with Gasteiger partial charge in [0.05, 0.1) is 23.5 Å². The van der Waals surface area contributed by atoms with Gasteiger partial charge in [0.15, 0.2) is 0 Å². The van der Waals surface area contributed by atoms with E-state index >= 15 is 0 Å². The average molecular weight is 367 g/mol. The predicted octanol–water partition coefficient (Wildman–Crippen LogP) is 4.63. The first-order chi connectivity index (χ1) is 13.1. The molecule has 2 aliphatic heterocycles. The molecule has 2 fully saturated rings. The first-order valence-corrected chi connectivity index (χ1v) is 9.82. The number of halogens is 2. The third-order valence-corrected chi connectivity index (χ3v) is 6.16. The third kappa shape index (κ3) is 3.03. The second-order valence-corrected chi connectivity index (χ2v) is 8.11. The summed E-state index contributed by atoms with van der Waals surface area (Å²) in [5.41, 5.74) is 4.31. The van der Waals surface area contributed by atoms with Crippen LogP contribution < -0.4 is 4.90 Å². The van der Waals surface area contributed by atoms with E-state index in [1.807, 2.05) is 6.20 Å². The zero-order valence-electron chi connectivity index (χ0n) is 15.5. The van der Waals surface area contributed by atoms with Crippen LogP contribution >= 0.6 is 0 Å². The molecule has 0 N–H and O–H groups in total. The number of fused-ring (bicyclic) bond motifs is 1. The lowest BCUT2D eigenvalue weighted by Gasteiger charge is -2.36. The number of rotatable bonds is 3. The summed E-state index contributed by atoms with van der Waals surface area (Å²) in [5, 5.41) is 0. The number of aryl methyl sites for hydroxylation is 1. The molecule has 140 valence electrons. The van der Waals surface area contributed by atoms with Crippen molar-refractivity contribution in [3.63, 3.8) is 0 Å². The Morgan fingerprint density at radius 2 is 1.89 bits per heavy atom. The highest BCUT2D eigenvalue weighted by Gasteiger charge is 2.37. The Morgan fingerprint density at radius 3 is 2.59 bits per heavy atom. The van der Waals surface area contributed by atoms with E-state index in [1.165, 1.54) is 48.0 Å². The van der Waals surface area contributed by atoms with Crippen LogP contribution in [0.5, 0.6) is 0 Å². The van der Waals surface area contributed by atoms with Gasteiger partial charge in [0.1, 0.15) is 11.6 Å². The minimum atomic E-state index is -0.514. The molecule has 0 bridgehead atoms. The summed E-state index contributed by atoms with van der Waals surface area (Å²) in [6, 6.07) is 6.41. The minimum absolute atomic E-state index is 0.0603. The maximum absolute atomic E-state index is 14.1. The largest absolute Gasteiger partial charge is 0.370 e. The molecule has 1 aromatic heterocycles. The van der Waals surface area contributed by atoms with Crippen LogP contribution in [0.2, 0.25) is 0 Å². The van der Waals surface area contributed by atoms with E-state index in [0.717, 1.165) is 19.5 Å². The van der Waals surface area contributed by atoms with Gasteiger partial charge < -0.3 is 4.90 Å². The first kappa shape index (κ1) is 16.8. The highest BCUT2D eigenvalue weighted by atomic mass is 19.1. The van der Waals surface area contributed by atoms with Gasteiger partial charge in [-0.05, 0) is 56.4 Å². The number of aliphatic imine (C=N–C) groups is 1. The van der Waals surface area contributed by atoms with E-state index < -0.39 is 11.6 Å². The third-order valence-electron chi connectivity index (χ3n) is 6.16. The van der Waals surface area contributed by atoms with Crippen LogP contribution in [0.4, 0.5) is 14.5 Å². The van der Waals surface area contributed by atoms with Crippen LogP contribution in [0.1, 0.15) is 48.4 Å². The lowest BCUT2D eigenvalue weighted by molar-refractivity contribution is 0.390. The van der Waals surface area contributed by atoms with Gasteiger partial charge in [-0.15, -0.1) is 0 Å². The van der Waals surface area contributed by atoms with Crippen LogP contribution in [0.3, 0.4) is 0 Å². The summed E-state index contributed by atoms with van der Waals surface area (Å²) in [5.74, 6) is -0.0693. The quantitative estimate of drug-likeness (QED) is 0.791. The number of aromatic nitrogens is 1. The van der Waals surface area contributed by atoms with Crippen molar-refractivity contribution in [3.05, 3.63) is 58.9 Å². The number of hydrogen-bond acceptors (Lipinski definition) is 3. The van der Waals surface area contributed by atoms with Crippen molar-refractivity contribution in [1.29, 1.82) is 0 Å². The summed E-state index contributed by atoms with van der Waals surface area (Å²) in [6.45, 7) is 3.92. The Bertz CT molecular complexity index is 900. The number of hydrogen-bond donors (Lipinski definition) is 0. The van der Waals surface area contributed by atoms with Crippen LogP contribution in [-0.4, -0.2) is 29.8 Å². The van der Waals surface area contributed by atoms with Crippen LogP contribution in [0.15, 0.2) is 35.5 Å². The van der Waals surface area contributed by atoms with Crippen LogP contribution in [-0.2, 0) is 0 Å². The fourth-order valence-electron chi connectivity index (χ4n) is 4.55. The van der Waals surface area contributed by atoms with Crippen molar-refractivity contribution in [2.45, 2.75) is 44.6 Å². The van der Waals surface area contributed by atoms with Gasteiger partial charge in [-0.1, -0.05) is 6.07 Å². The van der Waals surface area contributed by atoms with Gasteiger partial charge >= 0.3 is 0 Å². The fourth-order valence-corrected chi connectivity index (χ4v) is 4.55. The lowest BCUT2D eigenvalue weighted by Crippen LogP contribution is -2.41. The maximum atomic E-state index is 14.1. The van der Waals surface area contributed by atoms with E-state index in [1.54, 1.807) is 0 Å². The summed E-state index contributed by atoms with van der Waals surface area (Å²) in [6.07, 6.45) is 6.06. The van der Waals surface area contributed by atoms with E-state index in [2.05, 4.69) is 22.9 Å². The van der Waals surface area contributed by atoms with Gasteiger partial charge in [0.25, 0.3) is 0 Å².